The maximum absolute atomic E-state index is 12.9. The van der Waals surface area contributed by atoms with Crippen LogP contribution in [0, 0.1) is 0 Å². The lowest BCUT2D eigenvalue weighted by molar-refractivity contribution is -0.138. The molecule has 0 unspecified atom stereocenters. The summed E-state index contributed by atoms with van der Waals surface area (Å²) in [6, 6.07) is 4.81. The van der Waals surface area contributed by atoms with Crippen LogP contribution in [0.2, 0.25) is 0 Å². The van der Waals surface area contributed by atoms with Gasteiger partial charge in [-0.25, -0.2) is 0 Å². The minimum Gasteiger partial charge on any atom is -0.493 e. The smallest absolute Gasteiger partial charge is 0.323 e. The maximum atomic E-state index is 12.9. The van der Waals surface area contributed by atoms with E-state index < -0.39 is 5.97 Å². The molecule has 1 fully saturated rings. The summed E-state index contributed by atoms with van der Waals surface area (Å²) < 4.78 is 15.8. The van der Waals surface area contributed by atoms with Crippen molar-refractivity contribution in [1.82, 2.24) is 4.90 Å². The van der Waals surface area contributed by atoms with Crippen molar-refractivity contribution in [3.8, 4) is 11.5 Å². The molecule has 2 rings (SSSR count). The first-order valence-electron chi connectivity index (χ1n) is 7.40. The van der Waals surface area contributed by atoms with Gasteiger partial charge in [0.2, 0.25) is 0 Å². The van der Waals surface area contributed by atoms with E-state index in [-0.39, 0.29) is 18.5 Å². The molecule has 7 heteroatoms. The van der Waals surface area contributed by atoms with Gasteiger partial charge >= 0.3 is 5.97 Å². The molecular formula is C16H21NO6. The van der Waals surface area contributed by atoms with E-state index in [1.54, 1.807) is 18.2 Å². The van der Waals surface area contributed by atoms with Crippen LogP contribution in [-0.2, 0) is 9.53 Å². The van der Waals surface area contributed by atoms with Crippen molar-refractivity contribution in [2.45, 2.75) is 18.9 Å². The molecule has 23 heavy (non-hydrogen) atoms. The van der Waals surface area contributed by atoms with Gasteiger partial charge < -0.3 is 24.2 Å². The summed E-state index contributed by atoms with van der Waals surface area (Å²) in [5.41, 5.74) is 0.291. The molecule has 0 atom stereocenters. The highest BCUT2D eigenvalue weighted by Gasteiger charge is 2.30. The number of methoxy groups -OCH3 is 2. The summed E-state index contributed by atoms with van der Waals surface area (Å²) in [5, 5.41) is 9.16. The number of carbonyl (C=O) groups excluding carboxylic acids is 1. The zero-order valence-electron chi connectivity index (χ0n) is 13.3. The Morgan fingerprint density at radius 1 is 1.26 bits per heavy atom. The maximum Gasteiger partial charge on any atom is 0.323 e. The molecule has 1 aliphatic heterocycles. The monoisotopic (exact) mass is 323 g/mol. The lowest BCUT2D eigenvalue weighted by Gasteiger charge is -2.33. The zero-order valence-corrected chi connectivity index (χ0v) is 13.3. The molecule has 0 aliphatic carbocycles. The van der Waals surface area contributed by atoms with Gasteiger partial charge in [0, 0.05) is 19.3 Å². The molecule has 7 nitrogen and oxygen atoms in total. The highest BCUT2D eigenvalue weighted by atomic mass is 16.5. The van der Waals surface area contributed by atoms with E-state index in [0.29, 0.717) is 43.1 Å². The number of para-hydroxylation sites is 1. The molecule has 1 aromatic rings. The van der Waals surface area contributed by atoms with Crippen molar-refractivity contribution in [3.63, 3.8) is 0 Å². The average Bonchev–Trinajstić information content (AvgIpc) is 2.58. The summed E-state index contributed by atoms with van der Waals surface area (Å²) in [6.07, 6.45) is 1.23. The van der Waals surface area contributed by atoms with Crippen LogP contribution < -0.4 is 9.47 Å². The largest absolute Gasteiger partial charge is 0.493 e. The van der Waals surface area contributed by atoms with E-state index in [1.165, 1.54) is 19.1 Å². The highest BCUT2D eigenvalue weighted by molar-refractivity contribution is 5.99. The fourth-order valence-electron chi connectivity index (χ4n) is 2.72. The molecule has 1 aromatic carbocycles. The van der Waals surface area contributed by atoms with Gasteiger partial charge in [0.25, 0.3) is 5.91 Å². The van der Waals surface area contributed by atoms with Crippen LogP contribution in [-0.4, -0.2) is 61.9 Å². The number of carbonyl (C=O) groups is 2. The standard InChI is InChI=1S/C16H21NO6/c1-21-13-5-3-4-12(15(13)22-2)16(20)17(10-14(18)19)11-6-8-23-9-7-11/h3-5,11H,6-10H2,1-2H3,(H,18,19). The molecule has 0 radical (unpaired) electrons. The molecule has 1 heterocycles. The number of nitrogens with zero attached hydrogens (tertiary/aromatic N) is 1. The Balaban J connectivity index is 2.34. The molecule has 1 aliphatic rings. The number of rotatable bonds is 6. The lowest BCUT2D eigenvalue weighted by Crippen LogP contribution is -2.46. The van der Waals surface area contributed by atoms with E-state index in [9.17, 15) is 9.59 Å². The number of benzene rings is 1. The normalized spacial score (nSPS) is 15.0. The second-order valence-electron chi connectivity index (χ2n) is 5.21. The first-order valence-corrected chi connectivity index (χ1v) is 7.40. The van der Waals surface area contributed by atoms with Crippen molar-refractivity contribution in [2.24, 2.45) is 0 Å². The molecule has 0 aromatic heterocycles. The van der Waals surface area contributed by atoms with Crippen LogP contribution in [0.3, 0.4) is 0 Å². The third-order valence-electron chi connectivity index (χ3n) is 3.83. The second kappa shape index (κ2) is 7.82. The predicted molar refractivity (Wildman–Crippen MR) is 82.1 cm³/mol. The van der Waals surface area contributed by atoms with E-state index >= 15 is 0 Å². The second-order valence-corrected chi connectivity index (χ2v) is 5.21. The van der Waals surface area contributed by atoms with Crippen molar-refractivity contribution in [1.29, 1.82) is 0 Å². The van der Waals surface area contributed by atoms with Crippen LogP contribution in [0.1, 0.15) is 23.2 Å². The number of carboxylic acid groups (broad SMARTS) is 1. The molecule has 1 N–H and O–H groups in total. The highest BCUT2D eigenvalue weighted by Crippen LogP contribution is 2.32. The first kappa shape index (κ1) is 17.1. The average molecular weight is 323 g/mol. The third-order valence-corrected chi connectivity index (χ3v) is 3.83. The molecule has 0 spiro atoms. The Kier molecular flexibility index (Phi) is 5.81. The minimum absolute atomic E-state index is 0.164. The number of amides is 1. The Labute approximate surface area is 134 Å². The van der Waals surface area contributed by atoms with Gasteiger partial charge in [0.15, 0.2) is 11.5 Å². The fourth-order valence-corrected chi connectivity index (χ4v) is 2.72. The van der Waals surface area contributed by atoms with Crippen molar-refractivity contribution in [2.75, 3.05) is 34.0 Å². The van der Waals surface area contributed by atoms with Crippen LogP contribution >= 0.6 is 0 Å². The van der Waals surface area contributed by atoms with Crippen molar-refractivity contribution >= 4 is 11.9 Å². The zero-order chi connectivity index (χ0) is 16.8. The number of hydrogen-bond donors (Lipinski definition) is 1. The van der Waals surface area contributed by atoms with Gasteiger partial charge in [-0.1, -0.05) is 6.07 Å². The van der Waals surface area contributed by atoms with Crippen molar-refractivity contribution in [3.05, 3.63) is 23.8 Å². The summed E-state index contributed by atoms with van der Waals surface area (Å²) in [7, 11) is 2.93. The topological polar surface area (TPSA) is 85.3 Å². The van der Waals surface area contributed by atoms with Crippen LogP contribution in [0.25, 0.3) is 0 Å². The van der Waals surface area contributed by atoms with Gasteiger partial charge in [-0.3, -0.25) is 9.59 Å². The minimum atomic E-state index is -1.05. The molecular weight excluding hydrogens is 302 g/mol. The quantitative estimate of drug-likeness (QED) is 0.852. The number of ether oxygens (including phenoxy) is 3. The van der Waals surface area contributed by atoms with Gasteiger partial charge in [0.05, 0.1) is 19.8 Å². The fraction of sp³-hybridized carbons (Fsp3) is 0.500. The Morgan fingerprint density at radius 3 is 2.52 bits per heavy atom. The third kappa shape index (κ3) is 3.92. The SMILES string of the molecule is COc1cccc(C(=O)N(CC(=O)O)C2CCOCC2)c1OC. The molecule has 126 valence electrons. The van der Waals surface area contributed by atoms with E-state index in [1.807, 2.05) is 0 Å². The Hall–Kier alpha value is -2.28. The van der Waals surface area contributed by atoms with Gasteiger partial charge in [-0.15, -0.1) is 0 Å². The summed E-state index contributed by atoms with van der Waals surface area (Å²) in [4.78, 5) is 25.5. The van der Waals surface area contributed by atoms with Gasteiger partial charge in [0.1, 0.15) is 6.54 Å². The summed E-state index contributed by atoms with van der Waals surface area (Å²) in [6.45, 7) is 0.677. The number of carboxylic acids is 1. The van der Waals surface area contributed by atoms with E-state index in [0.717, 1.165) is 0 Å². The van der Waals surface area contributed by atoms with Crippen LogP contribution in [0.5, 0.6) is 11.5 Å². The Morgan fingerprint density at radius 2 is 1.96 bits per heavy atom. The van der Waals surface area contributed by atoms with Crippen LogP contribution in [0.15, 0.2) is 18.2 Å². The molecule has 1 saturated heterocycles. The summed E-state index contributed by atoms with van der Waals surface area (Å²) >= 11 is 0. The van der Waals surface area contributed by atoms with E-state index in [2.05, 4.69) is 0 Å². The molecule has 0 bridgehead atoms. The Bertz CT molecular complexity index is 568. The van der Waals surface area contributed by atoms with Crippen molar-refractivity contribution < 1.29 is 28.9 Å². The molecule has 1 amide bonds. The van der Waals surface area contributed by atoms with Gasteiger partial charge in [-0.05, 0) is 25.0 Å². The lowest BCUT2D eigenvalue weighted by atomic mass is 10.0. The van der Waals surface area contributed by atoms with Gasteiger partial charge in [-0.2, -0.15) is 0 Å². The number of hydrogen-bond acceptors (Lipinski definition) is 5. The first-order chi connectivity index (χ1) is 11.1. The van der Waals surface area contributed by atoms with Crippen LogP contribution in [0.4, 0.5) is 0 Å². The predicted octanol–water partition coefficient (Wildman–Crippen LogP) is 1.41. The molecule has 0 saturated carbocycles. The summed E-state index contributed by atoms with van der Waals surface area (Å²) in [5.74, 6) is -0.690. The van der Waals surface area contributed by atoms with E-state index in [4.69, 9.17) is 19.3 Å². The number of aliphatic carboxylic acids is 1.